The Hall–Kier alpha value is -3.33. The molecule has 0 aliphatic carbocycles. The van der Waals surface area contributed by atoms with Gasteiger partial charge in [0.2, 0.25) is 11.8 Å². The van der Waals surface area contributed by atoms with Crippen LogP contribution in [-0.4, -0.2) is 50.0 Å². The maximum absolute atomic E-state index is 14.2. The van der Waals surface area contributed by atoms with Crippen molar-refractivity contribution in [1.29, 1.82) is 0 Å². The standard InChI is InChI=1S/C28H32N4O4.2ClH/c1-17(29-4)27(34)30-26-18(2)32(19(3)33)24-13-9-8-12-23(24)31(28(26)35)16-22-21-11-7-6-10-20(21)14-15-25(22)36-5;;/h6-15,17-18,26,29H,16H2,1-5H3,(H,30,34);2*1H/t17-,18-,26-;;/m0../s1. The Morgan fingerprint density at radius 1 is 1.00 bits per heavy atom. The maximum atomic E-state index is 14.2. The summed E-state index contributed by atoms with van der Waals surface area (Å²) in [5, 5.41) is 7.78. The van der Waals surface area contributed by atoms with Crippen molar-refractivity contribution in [2.45, 2.75) is 45.4 Å². The normalized spacial score (nSPS) is 17.4. The van der Waals surface area contributed by atoms with Crippen molar-refractivity contribution >= 4 is 64.7 Å². The van der Waals surface area contributed by atoms with E-state index in [-0.39, 0.29) is 49.1 Å². The van der Waals surface area contributed by atoms with Gasteiger partial charge in [0.1, 0.15) is 11.8 Å². The van der Waals surface area contributed by atoms with Crippen LogP contribution in [0, 0.1) is 0 Å². The summed E-state index contributed by atoms with van der Waals surface area (Å²) in [6, 6.07) is 17.1. The monoisotopic (exact) mass is 560 g/mol. The van der Waals surface area contributed by atoms with Gasteiger partial charge in [-0.3, -0.25) is 14.4 Å². The molecule has 1 heterocycles. The number of anilines is 2. The molecule has 0 unspecified atom stereocenters. The number of methoxy groups -OCH3 is 1. The molecule has 0 spiro atoms. The average molecular weight is 562 g/mol. The molecule has 0 bridgehead atoms. The molecule has 0 fully saturated rings. The molecule has 0 saturated carbocycles. The van der Waals surface area contributed by atoms with E-state index < -0.39 is 18.1 Å². The van der Waals surface area contributed by atoms with Crippen LogP contribution in [0.2, 0.25) is 0 Å². The number of carbonyl (C=O) groups is 3. The number of fused-ring (bicyclic) bond motifs is 2. The topological polar surface area (TPSA) is 91.0 Å². The smallest absolute Gasteiger partial charge is 0.252 e. The molecule has 2 N–H and O–H groups in total. The molecule has 3 amide bonds. The predicted octanol–water partition coefficient (Wildman–Crippen LogP) is 4.07. The third-order valence-corrected chi connectivity index (χ3v) is 6.85. The summed E-state index contributed by atoms with van der Waals surface area (Å²) in [4.78, 5) is 43.1. The van der Waals surface area contributed by atoms with Gasteiger partial charge < -0.3 is 25.2 Å². The van der Waals surface area contributed by atoms with Crippen molar-refractivity contribution in [1.82, 2.24) is 10.6 Å². The number of para-hydroxylation sites is 2. The summed E-state index contributed by atoms with van der Waals surface area (Å²) in [7, 11) is 3.28. The zero-order valence-electron chi connectivity index (χ0n) is 22.1. The number of nitrogens with zero attached hydrogens (tertiary/aromatic N) is 2. The van der Waals surface area contributed by atoms with Crippen LogP contribution in [0.5, 0.6) is 5.75 Å². The minimum atomic E-state index is -0.953. The highest BCUT2D eigenvalue weighted by atomic mass is 35.5. The number of hydrogen-bond donors (Lipinski definition) is 2. The number of ether oxygens (including phenoxy) is 1. The molecule has 3 aromatic carbocycles. The highest BCUT2D eigenvalue weighted by molar-refractivity contribution is 6.08. The van der Waals surface area contributed by atoms with E-state index in [1.54, 1.807) is 37.8 Å². The molecule has 3 atom stereocenters. The van der Waals surface area contributed by atoms with Crippen LogP contribution in [-0.2, 0) is 20.9 Å². The summed E-state index contributed by atoms with van der Waals surface area (Å²) in [6.07, 6.45) is 0. The van der Waals surface area contributed by atoms with E-state index in [4.69, 9.17) is 4.74 Å². The summed E-state index contributed by atoms with van der Waals surface area (Å²) in [6.45, 7) is 5.17. The molecule has 204 valence electrons. The first-order valence-corrected chi connectivity index (χ1v) is 12.0. The zero-order chi connectivity index (χ0) is 26.0. The number of benzene rings is 3. The van der Waals surface area contributed by atoms with Crippen LogP contribution in [0.4, 0.5) is 11.4 Å². The van der Waals surface area contributed by atoms with Gasteiger partial charge in [0.25, 0.3) is 5.91 Å². The summed E-state index contributed by atoms with van der Waals surface area (Å²) in [5.74, 6) is -0.178. The van der Waals surface area contributed by atoms with E-state index in [0.717, 1.165) is 16.3 Å². The number of likely N-dealkylation sites (N-methyl/N-ethyl adjacent to an activating group) is 1. The quantitative estimate of drug-likeness (QED) is 0.474. The Morgan fingerprint density at radius 2 is 1.63 bits per heavy atom. The number of hydrogen-bond acceptors (Lipinski definition) is 5. The van der Waals surface area contributed by atoms with E-state index in [1.165, 1.54) is 6.92 Å². The lowest BCUT2D eigenvalue weighted by molar-refractivity contribution is -0.129. The van der Waals surface area contributed by atoms with Crippen molar-refractivity contribution in [3.8, 4) is 5.75 Å². The maximum Gasteiger partial charge on any atom is 0.252 e. The van der Waals surface area contributed by atoms with Crippen molar-refractivity contribution in [3.05, 3.63) is 66.2 Å². The lowest BCUT2D eigenvalue weighted by atomic mass is 10.0. The summed E-state index contributed by atoms with van der Waals surface area (Å²) in [5.41, 5.74) is 2.05. The Morgan fingerprint density at radius 3 is 2.26 bits per heavy atom. The van der Waals surface area contributed by atoms with Gasteiger partial charge in [-0.2, -0.15) is 0 Å². The number of rotatable bonds is 6. The third kappa shape index (κ3) is 5.72. The fourth-order valence-corrected chi connectivity index (χ4v) is 4.80. The minimum Gasteiger partial charge on any atom is -0.496 e. The minimum absolute atomic E-state index is 0. The fraction of sp³-hybridized carbons (Fsp3) is 0.321. The van der Waals surface area contributed by atoms with Gasteiger partial charge in [-0.25, -0.2) is 0 Å². The molecule has 1 aliphatic rings. The van der Waals surface area contributed by atoms with Gasteiger partial charge in [0.15, 0.2) is 0 Å². The zero-order valence-corrected chi connectivity index (χ0v) is 23.7. The molecular formula is C28H34Cl2N4O4. The molecule has 1 aliphatic heterocycles. The third-order valence-electron chi connectivity index (χ3n) is 6.85. The second-order valence-electron chi connectivity index (χ2n) is 9.01. The van der Waals surface area contributed by atoms with Gasteiger partial charge in [0, 0.05) is 12.5 Å². The van der Waals surface area contributed by atoms with Crippen molar-refractivity contribution in [2.75, 3.05) is 24.0 Å². The molecule has 0 saturated heterocycles. The first kappa shape index (κ1) is 30.9. The van der Waals surface area contributed by atoms with Crippen molar-refractivity contribution < 1.29 is 19.1 Å². The van der Waals surface area contributed by atoms with E-state index in [2.05, 4.69) is 10.6 Å². The van der Waals surface area contributed by atoms with Crippen molar-refractivity contribution in [2.24, 2.45) is 0 Å². The molecule has 8 nitrogen and oxygen atoms in total. The highest BCUT2D eigenvalue weighted by Crippen LogP contribution is 2.38. The number of carbonyl (C=O) groups excluding carboxylic acids is 3. The fourth-order valence-electron chi connectivity index (χ4n) is 4.80. The predicted molar refractivity (Wildman–Crippen MR) is 156 cm³/mol. The second kappa shape index (κ2) is 13.0. The Balaban J connectivity index is 0.00000253. The molecular weight excluding hydrogens is 527 g/mol. The Labute approximate surface area is 235 Å². The second-order valence-corrected chi connectivity index (χ2v) is 9.01. The number of halogens is 2. The highest BCUT2D eigenvalue weighted by Gasteiger charge is 2.41. The number of amides is 3. The van der Waals surface area contributed by atoms with Gasteiger partial charge in [-0.15, -0.1) is 24.8 Å². The van der Waals surface area contributed by atoms with Gasteiger partial charge in [-0.1, -0.05) is 42.5 Å². The first-order valence-electron chi connectivity index (χ1n) is 12.0. The molecule has 0 radical (unpaired) electrons. The largest absolute Gasteiger partial charge is 0.496 e. The van der Waals surface area contributed by atoms with Gasteiger partial charge in [-0.05, 0) is 49.9 Å². The lowest BCUT2D eigenvalue weighted by Gasteiger charge is -2.32. The van der Waals surface area contributed by atoms with Crippen LogP contribution in [0.1, 0.15) is 26.3 Å². The van der Waals surface area contributed by atoms with Crippen LogP contribution in [0.15, 0.2) is 60.7 Å². The molecule has 10 heteroatoms. The molecule has 38 heavy (non-hydrogen) atoms. The van der Waals surface area contributed by atoms with Crippen molar-refractivity contribution in [3.63, 3.8) is 0 Å². The SMILES string of the molecule is CN[C@@H](C)C(=O)N[C@@H]1C(=O)N(Cc2c(OC)ccc3ccccc23)c2ccccc2N(C(C)=O)[C@H]1C.Cl.Cl. The van der Waals surface area contributed by atoms with Crippen LogP contribution in [0.25, 0.3) is 10.8 Å². The first-order chi connectivity index (χ1) is 17.3. The van der Waals surface area contributed by atoms with Gasteiger partial charge in [0.05, 0.1) is 37.1 Å². The van der Waals surface area contributed by atoms with E-state index in [9.17, 15) is 14.4 Å². The Bertz CT molecular complexity index is 1320. The van der Waals surface area contributed by atoms with Crippen LogP contribution >= 0.6 is 24.8 Å². The lowest BCUT2D eigenvalue weighted by Crippen LogP contribution is -2.59. The summed E-state index contributed by atoms with van der Waals surface area (Å²) < 4.78 is 5.69. The van der Waals surface area contributed by atoms with Crippen LogP contribution < -0.4 is 25.2 Å². The molecule has 3 aromatic rings. The molecule has 4 rings (SSSR count). The van der Waals surface area contributed by atoms with Crippen LogP contribution in [0.3, 0.4) is 0 Å². The van der Waals surface area contributed by atoms with E-state index in [1.807, 2.05) is 60.7 Å². The van der Waals surface area contributed by atoms with Gasteiger partial charge >= 0.3 is 0 Å². The number of nitrogens with one attached hydrogen (secondary N) is 2. The molecule has 0 aromatic heterocycles. The summed E-state index contributed by atoms with van der Waals surface area (Å²) >= 11 is 0. The average Bonchev–Trinajstić information content (AvgIpc) is 2.97. The van der Waals surface area contributed by atoms with E-state index >= 15 is 0 Å². The Kier molecular flexibility index (Phi) is 10.5. The van der Waals surface area contributed by atoms with E-state index in [0.29, 0.717) is 17.1 Å².